The van der Waals surface area contributed by atoms with Crippen LogP contribution in [-0.2, 0) is 0 Å². The van der Waals surface area contributed by atoms with Crippen molar-refractivity contribution in [3.05, 3.63) is 63.7 Å². The van der Waals surface area contributed by atoms with E-state index in [0.29, 0.717) is 23.8 Å². The van der Waals surface area contributed by atoms with Gasteiger partial charge in [-0.1, -0.05) is 24.3 Å². The lowest BCUT2D eigenvalue weighted by Gasteiger charge is -2.14. The molecule has 0 amide bonds. The average Bonchev–Trinajstić information content (AvgIpc) is 2.89. The number of rotatable bonds is 4. The standard InChI is InChI=1S/C16H15NO3S/c1-11-14(17(18)19)6-4-7-15(11)20-9-12-10-21-16-8-3-2-5-13(12)16/h2-8,12H,9-10H2,1H3. The maximum Gasteiger partial charge on any atom is 0.276 e. The Morgan fingerprint density at radius 2 is 2.10 bits per heavy atom. The van der Waals surface area contributed by atoms with Crippen LogP contribution in [0.3, 0.4) is 0 Å². The van der Waals surface area contributed by atoms with Crippen molar-refractivity contribution < 1.29 is 9.66 Å². The van der Waals surface area contributed by atoms with Crippen LogP contribution < -0.4 is 4.74 Å². The first-order valence-electron chi connectivity index (χ1n) is 6.75. The number of nitrogens with zero attached hydrogens (tertiary/aromatic N) is 1. The first kappa shape index (κ1) is 13.9. The first-order valence-corrected chi connectivity index (χ1v) is 7.74. The molecule has 1 aliphatic rings. The smallest absolute Gasteiger partial charge is 0.276 e. The number of ether oxygens (including phenoxy) is 1. The summed E-state index contributed by atoms with van der Waals surface area (Å²) < 4.78 is 5.85. The van der Waals surface area contributed by atoms with Crippen molar-refractivity contribution in [1.29, 1.82) is 0 Å². The predicted molar refractivity (Wildman–Crippen MR) is 83.2 cm³/mol. The third kappa shape index (κ3) is 2.74. The number of hydrogen-bond acceptors (Lipinski definition) is 4. The lowest BCUT2D eigenvalue weighted by molar-refractivity contribution is -0.385. The molecule has 0 aromatic heterocycles. The van der Waals surface area contributed by atoms with Gasteiger partial charge in [0, 0.05) is 22.6 Å². The molecule has 0 bridgehead atoms. The number of benzene rings is 2. The lowest BCUT2D eigenvalue weighted by Crippen LogP contribution is -2.10. The van der Waals surface area contributed by atoms with Gasteiger partial charge in [-0.3, -0.25) is 10.1 Å². The summed E-state index contributed by atoms with van der Waals surface area (Å²) in [7, 11) is 0. The van der Waals surface area contributed by atoms with Gasteiger partial charge in [0.1, 0.15) is 5.75 Å². The zero-order valence-electron chi connectivity index (χ0n) is 11.6. The Morgan fingerprint density at radius 3 is 2.90 bits per heavy atom. The number of nitro benzene ring substituents is 1. The maximum atomic E-state index is 10.9. The van der Waals surface area contributed by atoms with Crippen molar-refractivity contribution in [2.75, 3.05) is 12.4 Å². The number of thioether (sulfide) groups is 1. The molecule has 0 fully saturated rings. The van der Waals surface area contributed by atoms with E-state index >= 15 is 0 Å². The van der Waals surface area contributed by atoms with Gasteiger partial charge in [-0.15, -0.1) is 11.8 Å². The van der Waals surface area contributed by atoms with Crippen molar-refractivity contribution in [2.24, 2.45) is 0 Å². The van der Waals surface area contributed by atoms with Crippen molar-refractivity contribution in [1.82, 2.24) is 0 Å². The van der Waals surface area contributed by atoms with E-state index in [4.69, 9.17) is 4.74 Å². The van der Waals surface area contributed by atoms with Crippen LogP contribution in [0.15, 0.2) is 47.4 Å². The zero-order valence-corrected chi connectivity index (χ0v) is 12.4. The quantitative estimate of drug-likeness (QED) is 0.628. The highest BCUT2D eigenvalue weighted by atomic mass is 32.2. The molecule has 0 spiro atoms. The maximum absolute atomic E-state index is 10.9. The molecule has 2 aromatic carbocycles. The van der Waals surface area contributed by atoms with Gasteiger partial charge >= 0.3 is 0 Å². The summed E-state index contributed by atoms with van der Waals surface area (Å²) in [6.07, 6.45) is 0. The summed E-state index contributed by atoms with van der Waals surface area (Å²) in [5.74, 6) is 1.93. The summed E-state index contributed by atoms with van der Waals surface area (Å²) in [5, 5.41) is 10.9. The molecule has 0 aliphatic carbocycles. The fraction of sp³-hybridized carbons (Fsp3) is 0.250. The van der Waals surface area contributed by atoms with Crippen LogP contribution in [-0.4, -0.2) is 17.3 Å². The van der Waals surface area contributed by atoms with E-state index in [9.17, 15) is 10.1 Å². The molecule has 0 saturated heterocycles. The molecule has 3 rings (SSSR count). The largest absolute Gasteiger partial charge is 0.492 e. The monoisotopic (exact) mass is 301 g/mol. The Balaban J connectivity index is 1.75. The second-order valence-corrected chi connectivity index (χ2v) is 6.08. The van der Waals surface area contributed by atoms with E-state index in [2.05, 4.69) is 12.1 Å². The van der Waals surface area contributed by atoms with Gasteiger partial charge in [0.15, 0.2) is 0 Å². The Bertz CT molecular complexity index is 687. The van der Waals surface area contributed by atoms with Gasteiger partial charge < -0.3 is 4.74 Å². The van der Waals surface area contributed by atoms with Crippen molar-refractivity contribution in [2.45, 2.75) is 17.7 Å². The van der Waals surface area contributed by atoms with E-state index < -0.39 is 0 Å². The molecule has 108 valence electrons. The van der Waals surface area contributed by atoms with Crippen LogP contribution in [0.2, 0.25) is 0 Å². The second-order valence-electron chi connectivity index (χ2n) is 5.01. The Kier molecular flexibility index (Phi) is 3.84. The first-order chi connectivity index (χ1) is 10.2. The van der Waals surface area contributed by atoms with Crippen LogP contribution in [0.5, 0.6) is 5.75 Å². The molecule has 1 atom stereocenters. The van der Waals surface area contributed by atoms with Crippen LogP contribution in [0.1, 0.15) is 17.0 Å². The lowest BCUT2D eigenvalue weighted by atomic mass is 10.0. The van der Waals surface area contributed by atoms with E-state index in [1.165, 1.54) is 16.5 Å². The van der Waals surface area contributed by atoms with Gasteiger partial charge in [-0.25, -0.2) is 0 Å². The van der Waals surface area contributed by atoms with Gasteiger partial charge in [-0.05, 0) is 24.6 Å². The van der Waals surface area contributed by atoms with Gasteiger partial charge in [-0.2, -0.15) is 0 Å². The fourth-order valence-corrected chi connectivity index (χ4v) is 3.75. The summed E-state index contributed by atoms with van der Waals surface area (Å²) in [6, 6.07) is 13.3. The number of nitro groups is 1. The summed E-state index contributed by atoms with van der Waals surface area (Å²) in [6.45, 7) is 2.27. The zero-order chi connectivity index (χ0) is 14.8. The highest BCUT2D eigenvalue weighted by molar-refractivity contribution is 7.99. The Morgan fingerprint density at radius 1 is 1.29 bits per heavy atom. The molecule has 21 heavy (non-hydrogen) atoms. The molecule has 0 N–H and O–H groups in total. The van der Waals surface area contributed by atoms with Crippen LogP contribution >= 0.6 is 11.8 Å². The number of hydrogen-bond donors (Lipinski definition) is 0. The van der Waals surface area contributed by atoms with E-state index in [1.54, 1.807) is 19.1 Å². The molecule has 1 aliphatic heterocycles. The molecule has 0 radical (unpaired) electrons. The second kappa shape index (κ2) is 5.77. The van der Waals surface area contributed by atoms with Gasteiger partial charge in [0.05, 0.1) is 17.1 Å². The molecule has 5 heteroatoms. The topological polar surface area (TPSA) is 52.4 Å². The van der Waals surface area contributed by atoms with Gasteiger partial charge in [0.25, 0.3) is 5.69 Å². The average molecular weight is 301 g/mol. The summed E-state index contributed by atoms with van der Waals surface area (Å²) in [4.78, 5) is 11.9. The van der Waals surface area contributed by atoms with Crippen LogP contribution in [0, 0.1) is 17.0 Å². The normalized spacial score (nSPS) is 16.5. The third-order valence-electron chi connectivity index (χ3n) is 3.69. The SMILES string of the molecule is Cc1c(OCC2CSc3ccccc32)cccc1[N+](=O)[O-]. The van der Waals surface area contributed by atoms with Crippen molar-refractivity contribution in [3.8, 4) is 5.75 Å². The molecule has 1 unspecified atom stereocenters. The van der Waals surface area contributed by atoms with Crippen LogP contribution in [0.25, 0.3) is 0 Å². The highest BCUT2D eigenvalue weighted by Crippen LogP contribution is 2.39. The minimum absolute atomic E-state index is 0.105. The van der Waals surface area contributed by atoms with E-state index in [-0.39, 0.29) is 10.6 Å². The number of fused-ring (bicyclic) bond motifs is 1. The fourth-order valence-electron chi connectivity index (χ4n) is 2.51. The van der Waals surface area contributed by atoms with Crippen molar-refractivity contribution >= 4 is 17.4 Å². The van der Waals surface area contributed by atoms with Gasteiger partial charge in [0.2, 0.25) is 0 Å². The molecular formula is C16H15NO3S. The molecule has 4 nitrogen and oxygen atoms in total. The highest BCUT2D eigenvalue weighted by Gasteiger charge is 2.24. The Labute approximate surface area is 127 Å². The minimum Gasteiger partial charge on any atom is -0.492 e. The van der Waals surface area contributed by atoms with Crippen LogP contribution in [0.4, 0.5) is 5.69 Å². The minimum atomic E-state index is -0.372. The summed E-state index contributed by atoms with van der Waals surface area (Å²) >= 11 is 1.84. The molecule has 1 heterocycles. The third-order valence-corrected chi connectivity index (χ3v) is 4.94. The van der Waals surface area contributed by atoms with E-state index in [0.717, 1.165) is 5.75 Å². The van der Waals surface area contributed by atoms with E-state index in [1.807, 2.05) is 23.9 Å². The molecular weight excluding hydrogens is 286 g/mol. The molecule has 0 saturated carbocycles. The molecule has 2 aromatic rings. The van der Waals surface area contributed by atoms with Crippen molar-refractivity contribution in [3.63, 3.8) is 0 Å². The Hall–Kier alpha value is -2.01. The summed E-state index contributed by atoms with van der Waals surface area (Å²) in [5.41, 5.74) is 2.00. The predicted octanol–water partition coefficient (Wildman–Crippen LogP) is 4.17.